The quantitative estimate of drug-likeness (QED) is 0.874. The van der Waals surface area contributed by atoms with E-state index in [1.165, 1.54) is 0 Å². The molecule has 1 fully saturated rings. The highest BCUT2D eigenvalue weighted by molar-refractivity contribution is 5.25. The second-order valence-corrected chi connectivity index (χ2v) is 6.46. The Labute approximate surface area is 128 Å². The van der Waals surface area contributed by atoms with Crippen LogP contribution in [-0.4, -0.2) is 29.8 Å². The summed E-state index contributed by atoms with van der Waals surface area (Å²) in [5.41, 5.74) is 1.13. The molecule has 2 rings (SSSR count). The number of nitrogens with one attached hydrogen (secondary N) is 1. The van der Waals surface area contributed by atoms with Crippen LogP contribution in [0.4, 0.5) is 0 Å². The molecule has 21 heavy (non-hydrogen) atoms. The van der Waals surface area contributed by atoms with Gasteiger partial charge in [-0.2, -0.15) is 0 Å². The van der Waals surface area contributed by atoms with Crippen LogP contribution in [0.1, 0.15) is 46.1 Å². The lowest BCUT2D eigenvalue weighted by molar-refractivity contribution is -0.0731. The van der Waals surface area contributed by atoms with Crippen molar-refractivity contribution in [2.24, 2.45) is 5.92 Å². The van der Waals surface area contributed by atoms with Crippen LogP contribution in [-0.2, 0) is 11.3 Å². The molecular weight excluding hydrogens is 264 g/mol. The van der Waals surface area contributed by atoms with Gasteiger partial charge in [0.2, 0.25) is 5.88 Å². The average Bonchev–Trinajstić information content (AvgIpc) is 2.39. The van der Waals surface area contributed by atoms with Gasteiger partial charge in [-0.05, 0) is 32.4 Å². The first-order valence-corrected chi connectivity index (χ1v) is 8.01. The monoisotopic (exact) mass is 292 g/mol. The van der Waals surface area contributed by atoms with Crippen molar-refractivity contribution in [3.8, 4) is 5.88 Å². The summed E-state index contributed by atoms with van der Waals surface area (Å²) in [5, 5.41) is 3.45. The molecule has 2 heterocycles. The number of pyridine rings is 1. The molecule has 1 N–H and O–H groups in total. The molecule has 0 aliphatic carbocycles. The summed E-state index contributed by atoms with van der Waals surface area (Å²) in [4.78, 5) is 4.42. The van der Waals surface area contributed by atoms with E-state index in [1.807, 2.05) is 6.07 Å². The van der Waals surface area contributed by atoms with E-state index in [4.69, 9.17) is 9.47 Å². The Morgan fingerprint density at radius 3 is 2.71 bits per heavy atom. The first-order valence-electron chi connectivity index (χ1n) is 8.01. The van der Waals surface area contributed by atoms with E-state index in [-0.39, 0.29) is 18.3 Å². The first-order chi connectivity index (χ1) is 10.0. The molecule has 0 radical (unpaired) electrons. The van der Waals surface area contributed by atoms with E-state index < -0.39 is 0 Å². The lowest BCUT2D eigenvalue weighted by Gasteiger charge is -2.32. The fraction of sp³-hybridized carbons (Fsp3) is 0.706. The van der Waals surface area contributed by atoms with Gasteiger partial charge in [0.1, 0.15) is 6.10 Å². The van der Waals surface area contributed by atoms with Gasteiger partial charge < -0.3 is 14.8 Å². The number of rotatable bonds is 6. The standard InChI is InChI=1S/C17H28N2O2/c1-12(2)10-18-11-15-6-5-7-19-17(15)21-16-8-13(3)20-14(4)9-16/h5-7,12-14,16,18H,8-11H2,1-4H3. The van der Waals surface area contributed by atoms with Gasteiger partial charge in [0.05, 0.1) is 12.2 Å². The molecule has 1 aliphatic rings. The molecule has 118 valence electrons. The van der Waals surface area contributed by atoms with Crippen molar-refractivity contribution in [1.82, 2.24) is 10.3 Å². The predicted molar refractivity (Wildman–Crippen MR) is 84.4 cm³/mol. The van der Waals surface area contributed by atoms with Crippen molar-refractivity contribution < 1.29 is 9.47 Å². The van der Waals surface area contributed by atoms with Gasteiger partial charge in [0, 0.05) is 31.1 Å². The highest BCUT2D eigenvalue weighted by Gasteiger charge is 2.26. The molecule has 2 unspecified atom stereocenters. The maximum Gasteiger partial charge on any atom is 0.218 e. The van der Waals surface area contributed by atoms with E-state index in [0.717, 1.165) is 37.4 Å². The van der Waals surface area contributed by atoms with Gasteiger partial charge in [0.15, 0.2) is 0 Å². The molecule has 4 nitrogen and oxygen atoms in total. The van der Waals surface area contributed by atoms with Gasteiger partial charge in [-0.15, -0.1) is 0 Å². The highest BCUT2D eigenvalue weighted by Crippen LogP contribution is 2.25. The summed E-state index contributed by atoms with van der Waals surface area (Å²) in [6.07, 6.45) is 4.37. The largest absolute Gasteiger partial charge is 0.474 e. The lowest BCUT2D eigenvalue weighted by Crippen LogP contribution is -2.36. The van der Waals surface area contributed by atoms with E-state index in [2.05, 4.69) is 44.1 Å². The normalized spacial score (nSPS) is 26.0. The number of nitrogens with zero attached hydrogens (tertiary/aromatic N) is 1. The lowest BCUT2D eigenvalue weighted by atomic mass is 10.0. The van der Waals surface area contributed by atoms with E-state index >= 15 is 0 Å². The molecule has 1 aliphatic heterocycles. The zero-order valence-electron chi connectivity index (χ0n) is 13.6. The van der Waals surface area contributed by atoms with Gasteiger partial charge in [-0.3, -0.25) is 0 Å². The van der Waals surface area contributed by atoms with Crippen molar-refractivity contribution in [1.29, 1.82) is 0 Å². The molecule has 1 aromatic rings. The molecule has 1 saturated heterocycles. The molecule has 0 aromatic carbocycles. The molecule has 0 bridgehead atoms. The maximum atomic E-state index is 6.15. The first kappa shape index (κ1) is 16.2. The van der Waals surface area contributed by atoms with Crippen LogP contribution in [0.15, 0.2) is 18.3 Å². The second kappa shape index (κ2) is 7.76. The van der Waals surface area contributed by atoms with Crippen molar-refractivity contribution >= 4 is 0 Å². The van der Waals surface area contributed by atoms with Crippen LogP contribution in [0.2, 0.25) is 0 Å². The third-order valence-electron chi connectivity index (χ3n) is 3.65. The van der Waals surface area contributed by atoms with Crippen LogP contribution in [0.5, 0.6) is 5.88 Å². The average molecular weight is 292 g/mol. The fourth-order valence-electron chi connectivity index (χ4n) is 2.76. The third kappa shape index (κ3) is 5.29. The van der Waals surface area contributed by atoms with Crippen LogP contribution >= 0.6 is 0 Å². The number of hydrogen-bond donors (Lipinski definition) is 1. The Morgan fingerprint density at radius 2 is 2.05 bits per heavy atom. The Bertz CT molecular complexity index is 427. The summed E-state index contributed by atoms with van der Waals surface area (Å²) in [5.74, 6) is 1.41. The Kier molecular flexibility index (Phi) is 6.00. The molecule has 2 atom stereocenters. The summed E-state index contributed by atoms with van der Waals surface area (Å²) < 4.78 is 11.9. The minimum Gasteiger partial charge on any atom is -0.474 e. The van der Waals surface area contributed by atoms with Gasteiger partial charge in [-0.1, -0.05) is 19.9 Å². The summed E-state index contributed by atoms with van der Waals surface area (Å²) in [6, 6.07) is 4.05. The fourth-order valence-corrected chi connectivity index (χ4v) is 2.76. The predicted octanol–water partition coefficient (Wildman–Crippen LogP) is 3.16. The Morgan fingerprint density at radius 1 is 1.33 bits per heavy atom. The summed E-state index contributed by atoms with van der Waals surface area (Å²) in [7, 11) is 0. The molecule has 0 spiro atoms. The van der Waals surface area contributed by atoms with Crippen molar-refractivity contribution in [2.75, 3.05) is 6.54 Å². The summed E-state index contributed by atoms with van der Waals surface area (Å²) >= 11 is 0. The third-order valence-corrected chi connectivity index (χ3v) is 3.65. The molecule has 4 heteroatoms. The smallest absolute Gasteiger partial charge is 0.218 e. The van der Waals surface area contributed by atoms with E-state index in [0.29, 0.717) is 5.92 Å². The van der Waals surface area contributed by atoms with Crippen LogP contribution in [0, 0.1) is 5.92 Å². The van der Waals surface area contributed by atoms with E-state index in [1.54, 1.807) is 6.20 Å². The molecule has 1 aromatic heterocycles. The minimum absolute atomic E-state index is 0.197. The second-order valence-electron chi connectivity index (χ2n) is 6.46. The topological polar surface area (TPSA) is 43.4 Å². The number of hydrogen-bond acceptors (Lipinski definition) is 4. The van der Waals surface area contributed by atoms with Crippen molar-refractivity contribution in [2.45, 2.75) is 65.4 Å². The minimum atomic E-state index is 0.197. The van der Waals surface area contributed by atoms with Gasteiger partial charge >= 0.3 is 0 Å². The van der Waals surface area contributed by atoms with Crippen LogP contribution < -0.4 is 10.1 Å². The zero-order chi connectivity index (χ0) is 15.2. The Hall–Kier alpha value is -1.13. The zero-order valence-corrected chi connectivity index (χ0v) is 13.6. The van der Waals surface area contributed by atoms with Gasteiger partial charge in [-0.25, -0.2) is 4.98 Å². The van der Waals surface area contributed by atoms with Gasteiger partial charge in [0.25, 0.3) is 0 Å². The Balaban J connectivity index is 1.95. The molecular formula is C17H28N2O2. The van der Waals surface area contributed by atoms with E-state index in [9.17, 15) is 0 Å². The van der Waals surface area contributed by atoms with Crippen molar-refractivity contribution in [3.05, 3.63) is 23.9 Å². The molecule has 0 amide bonds. The molecule has 0 saturated carbocycles. The summed E-state index contributed by atoms with van der Waals surface area (Å²) in [6.45, 7) is 10.4. The number of ether oxygens (including phenoxy) is 2. The van der Waals surface area contributed by atoms with Crippen molar-refractivity contribution in [3.63, 3.8) is 0 Å². The highest BCUT2D eigenvalue weighted by atomic mass is 16.5. The number of aromatic nitrogens is 1. The van der Waals surface area contributed by atoms with Crippen LogP contribution in [0.25, 0.3) is 0 Å². The SMILES string of the molecule is CC(C)CNCc1cccnc1OC1CC(C)OC(C)C1. The van der Waals surface area contributed by atoms with Crippen LogP contribution in [0.3, 0.4) is 0 Å². The maximum absolute atomic E-state index is 6.15.